The largest absolute Gasteiger partial charge is 0.336 e. The highest BCUT2D eigenvalue weighted by molar-refractivity contribution is 6.00. The second-order valence-electron chi connectivity index (χ2n) is 7.89. The molecule has 1 aromatic carbocycles. The molecule has 4 heterocycles. The van der Waals surface area contributed by atoms with E-state index in [4.69, 9.17) is 0 Å². The second kappa shape index (κ2) is 6.99. The maximum Gasteiger partial charge on any atom is 0.254 e. The van der Waals surface area contributed by atoms with Gasteiger partial charge in [0.2, 0.25) is 5.91 Å². The smallest absolute Gasteiger partial charge is 0.254 e. The van der Waals surface area contributed by atoms with E-state index in [2.05, 4.69) is 10.1 Å². The van der Waals surface area contributed by atoms with E-state index in [1.807, 2.05) is 40.1 Å². The summed E-state index contributed by atoms with van der Waals surface area (Å²) in [4.78, 5) is 34.9. The Labute approximate surface area is 168 Å². The highest BCUT2D eigenvalue weighted by Crippen LogP contribution is 2.39. The fraction of sp³-hybridized carbons (Fsp3) is 0.364. The van der Waals surface area contributed by atoms with Gasteiger partial charge in [0.05, 0.1) is 0 Å². The van der Waals surface area contributed by atoms with Gasteiger partial charge in [0.1, 0.15) is 11.9 Å². The number of carbonyl (C=O) groups is 2. The number of benzene rings is 1. The second-order valence-corrected chi connectivity index (χ2v) is 7.89. The maximum absolute atomic E-state index is 13.6. The normalized spacial score (nSPS) is 22.0. The molecule has 2 aliphatic heterocycles. The van der Waals surface area contributed by atoms with Gasteiger partial charge < -0.3 is 9.80 Å². The molecule has 1 unspecified atom stereocenters. The zero-order valence-electron chi connectivity index (χ0n) is 16.2. The van der Waals surface area contributed by atoms with Gasteiger partial charge in [-0.3, -0.25) is 9.59 Å². The van der Waals surface area contributed by atoms with E-state index in [9.17, 15) is 9.59 Å². The Hall–Kier alpha value is -3.22. The van der Waals surface area contributed by atoms with Crippen LogP contribution in [0.1, 0.15) is 41.6 Å². The van der Waals surface area contributed by atoms with Crippen LogP contribution < -0.4 is 0 Å². The average Bonchev–Trinajstić information content (AvgIpc) is 3.39. The van der Waals surface area contributed by atoms with Crippen molar-refractivity contribution in [3.63, 3.8) is 0 Å². The lowest BCUT2D eigenvalue weighted by Gasteiger charge is -2.44. The summed E-state index contributed by atoms with van der Waals surface area (Å²) in [5, 5.41) is 4.08. The molecule has 1 atom stereocenters. The molecule has 1 spiro atoms. The van der Waals surface area contributed by atoms with Gasteiger partial charge in [-0.25, -0.2) is 9.50 Å². The zero-order valence-corrected chi connectivity index (χ0v) is 16.2. The van der Waals surface area contributed by atoms with E-state index >= 15 is 0 Å². The number of piperidine rings is 1. The molecule has 2 saturated heterocycles. The van der Waals surface area contributed by atoms with Crippen LogP contribution in [-0.2, 0) is 11.3 Å². The first-order chi connectivity index (χ1) is 14.2. The number of rotatable bonds is 3. The minimum absolute atomic E-state index is 0.0852. The van der Waals surface area contributed by atoms with Crippen molar-refractivity contribution >= 4 is 17.5 Å². The number of pyridine rings is 1. The van der Waals surface area contributed by atoms with Crippen molar-refractivity contribution in [1.82, 2.24) is 24.4 Å². The van der Waals surface area contributed by atoms with Gasteiger partial charge in [0, 0.05) is 31.4 Å². The molecule has 0 aliphatic carbocycles. The molecule has 7 heteroatoms. The van der Waals surface area contributed by atoms with E-state index < -0.39 is 5.54 Å². The first-order valence-electron chi connectivity index (χ1n) is 10.1. The molecule has 2 amide bonds. The van der Waals surface area contributed by atoms with Crippen molar-refractivity contribution in [2.24, 2.45) is 0 Å². The van der Waals surface area contributed by atoms with E-state index in [0.717, 1.165) is 37.8 Å². The first-order valence-corrected chi connectivity index (χ1v) is 10.1. The van der Waals surface area contributed by atoms with Gasteiger partial charge in [-0.1, -0.05) is 30.3 Å². The molecular weight excluding hydrogens is 366 g/mol. The molecule has 2 fully saturated rings. The van der Waals surface area contributed by atoms with Gasteiger partial charge in [-0.15, -0.1) is 0 Å². The third-order valence-corrected chi connectivity index (χ3v) is 6.18. The van der Waals surface area contributed by atoms with E-state index in [-0.39, 0.29) is 11.8 Å². The molecule has 0 saturated carbocycles. The number of hydrogen-bond acceptors (Lipinski definition) is 4. The van der Waals surface area contributed by atoms with Gasteiger partial charge in [-0.05, 0) is 43.4 Å². The van der Waals surface area contributed by atoms with Crippen LogP contribution in [0.3, 0.4) is 0 Å². The summed E-state index contributed by atoms with van der Waals surface area (Å²) in [5.41, 5.74) is 1.58. The first kappa shape index (κ1) is 17.8. The average molecular weight is 389 g/mol. The SMILES string of the molecule is O=C(c1ccn2ncnc2c1)N1CCCC12CCCN(Cc1ccccc1)C2=O. The van der Waals surface area contributed by atoms with Crippen LogP contribution in [0, 0.1) is 0 Å². The quantitative estimate of drug-likeness (QED) is 0.690. The molecule has 148 valence electrons. The van der Waals surface area contributed by atoms with Crippen molar-refractivity contribution in [1.29, 1.82) is 0 Å². The van der Waals surface area contributed by atoms with Gasteiger partial charge >= 0.3 is 0 Å². The van der Waals surface area contributed by atoms with E-state index in [0.29, 0.717) is 24.3 Å². The molecule has 2 aromatic heterocycles. The summed E-state index contributed by atoms with van der Waals surface area (Å²) in [6, 6.07) is 13.5. The number of fused-ring (bicyclic) bond motifs is 1. The molecule has 29 heavy (non-hydrogen) atoms. The number of carbonyl (C=O) groups excluding carboxylic acids is 2. The molecule has 3 aromatic rings. The highest BCUT2D eigenvalue weighted by Gasteiger charge is 2.52. The van der Waals surface area contributed by atoms with Gasteiger partial charge in [0.15, 0.2) is 5.65 Å². The van der Waals surface area contributed by atoms with Crippen molar-refractivity contribution in [3.8, 4) is 0 Å². The number of aromatic nitrogens is 3. The zero-order chi connectivity index (χ0) is 19.8. The molecule has 5 rings (SSSR count). The van der Waals surface area contributed by atoms with Gasteiger partial charge in [0.25, 0.3) is 5.91 Å². The van der Waals surface area contributed by atoms with Crippen molar-refractivity contribution in [2.75, 3.05) is 13.1 Å². The summed E-state index contributed by atoms with van der Waals surface area (Å²) in [7, 11) is 0. The van der Waals surface area contributed by atoms with Crippen molar-refractivity contribution < 1.29 is 9.59 Å². The fourth-order valence-electron chi connectivity index (χ4n) is 4.78. The predicted octanol–water partition coefficient (Wildman–Crippen LogP) is 2.53. The Bertz CT molecular complexity index is 1060. The Morgan fingerprint density at radius 1 is 1.07 bits per heavy atom. The monoisotopic (exact) mass is 389 g/mol. The summed E-state index contributed by atoms with van der Waals surface area (Å²) in [5.74, 6) is -0.00933. The molecule has 2 aliphatic rings. The Balaban J connectivity index is 1.43. The predicted molar refractivity (Wildman–Crippen MR) is 107 cm³/mol. The van der Waals surface area contributed by atoms with Crippen LogP contribution in [0.4, 0.5) is 0 Å². The number of likely N-dealkylation sites (tertiary alicyclic amines) is 2. The van der Waals surface area contributed by atoms with Crippen molar-refractivity contribution in [3.05, 3.63) is 66.1 Å². The summed E-state index contributed by atoms with van der Waals surface area (Å²) in [6.45, 7) is 1.94. The lowest BCUT2D eigenvalue weighted by atomic mass is 9.84. The van der Waals surface area contributed by atoms with Crippen LogP contribution in [0.25, 0.3) is 5.65 Å². The third-order valence-electron chi connectivity index (χ3n) is 6.18. The van der Waals surface area contributed by atoms with Crippen molar-refractivity contribution in [2.45, 2.75) is 37.8 Å². The standard InChI is InChI=1S/C22H23N5O2/c28-20(18-8-13-27-19(14-18)23-16-24-27)26-12-5-10-22(26)9-4-11-25(21(22)29)15-17-6-2-1-3-7-17/h1-3,6-8,13-14,16H,4-5,9-12,15H2. The third kappa shape index (κ3) is 2.97. The van der Waals surface area contributed by atoms with Crippen LogP contribution in [0.2, 0.25) is 0 Å². The van der Waals surface area contributed by atoms with Crippen LogP contribution >= 0.6 is 0 Å². The molecular formula is C22H23N5O2. The minimum atomic E-state index is -0.718. The van der Waals surface area contributed by atoms with Crippen LogP contribution in [0.15, 0.2) is 55.0 Å². The summed E-state index contributed by atoms with van der Waals surface area (Å²) in [6.07, 6.45) is 6.43. The Morgan fingerprint density at radius 3 is 2.69 bits per heavy atom. The number of nitrogens with zero attached hydrogens (tertiary/aromatic N) is 5. The van der Waals surface area contributed by atoms with Gasteiger partial charge in [-0.2, -0.15) is 5.10 Å². The van der Waals surface area contributed by atoms with Crippen LogP contribution in [0.5, 0.6) is 0 Å². The fourth-order valence-corrected chi connectivity index (χ4v) is 4.78. The molecule has 0 bridgehead atoms. The lowest BCUT2D eigenvalue weighted by Crippen LogP contribution is -2.61. The molecule has 0 radical (unpaired) electrons. The Morgan fingerprint density at radius 2 is 1.86 bits per heavy atom. The number of amides is 2. The summed E-state index contributed by atoms with van der Waals surface area (Å²) >= 11 is 0. The Kier molecular flexibility index (Phi) is 4.30. The summed E-state index contributed by atoms with van der Waals surface area (Å²) < 4.78 is 1.63. The highest BCUT2D eigenvalue weighted by atomic mass is 16.2. The molecule has 7 nitrogen and oxygen atoms in total. The number of hydrogen-bond donors (Lipinski definition) is 0. The minimum Gasteiger partial charge on any atom is -0.336 e. The molecule has 0 N–H and O–H groups in total. The maximum atomic E-state index is 13.6. The topological polar surface area (TPSA) is 70.8 Å². The van der Waals surface area contributed by atoms with E-state index in [1.165, 1.54) is 6.33 Å². The lowest BCUT2D eigenvalue weighted by molar-refractivity contribution is -0.146. The van der Waals surface area contributed by atoms with E-state index in [1.54, 1.807) is 22.8 Å². The van der Waals surface area contributed by atoms with Crippen LogP contribution in [-0.4, -0.2) is 54.8 Å².